The third-order valence-corrected chi connectivity index (χ3v) is 7.03. The smallest absolute Gasteiger partial charge is 0.145 e. The summed E-state index contributed by atoms with van der Waals surface area (Å²) in [6.45, 7) is 6.90. The van der Waals surface area contributed by atoms with E-state index in [9.17, 15) is 5.26 Å². The summed E-state index contributed by atoms with van der Waals surface area (Å²) in [5, 5.41) is 11.2. The van der Waals surface area contributed by atoms with E-state index in [1.807, 2.05) is 36.4 Å². The van der Waals surface area contributed by atoms with Crippen molar-refractivity contribution in [2.75, 3.05) is 0 Å². The van der Waals surface area contributed by atoms with Crippen LogP contribution in [-0.2, 0) is 12.8 Å². The second-order valence-corrected chi connectivity index (χ2v) is 10.1. The van der Waals surface area contributed by atoms with Gasteiger partial charge in [0.25, 0.3) is 0 Å². The summed E-state index contributed by atoms with van der Waals surface area (Å²) in [6, 6.07) is 13.7. The summed E-state index contributed by atoms with van der Waals surface area (Å²) in [6.07, 6.45) is 4.83. The second kappa shape index (κ2) is 7.82. The molecule has 0 bridgehead atoms. The van der Waals surface area contributed by atoms with E-state index in [0.717, 1.165) is 41.2 Å². The molecule has 5 heteroatoms. The Balaban J connectivity index is 1.59. The van der Waals surface area contributed by atoms with Crippen LogP contribution in [0.15, 0.2) is 45.8 Å². The molecule has 0 N–H and O–H groups in total. The van der Waals surface area contributed by atoms with Gasteiger partial charge in [-0.3, -0.25) is 0 Å². The minimum absolute atomic E-state index is 0.281. The van der Waals surface area contributed by atoms with Crippen molar-refractivity contribution in [2.24, 2.45) is 16.3 Å². The van der Waals surface area contributed by atoms with Crippen molar-refractivity contribution in [1.82, 2.24) is 0 Å². The molecule has 0 fully saturated rings. The first-order valence-corrected chi connectivity index (χ1v) is 11.0. The molecular weight excluding hydrogens is 400 g/mol. The van der Waals surface area contributed by atoms with Gasteiger partial charge in [0.2, 0.25) is 0 Å². The Kier molecular flexibility index (Phi) is 5.38. The normalized spacial score (nSPS) is 16.7. The number of halogens is 1. The van der Waals surface area contributed by atoms with E-state index in [1.165, 1.54) is 10.4 Å². The fraction of sp³-hybridized carbons (Fsp3) is 0.333. The van der Waals surface area contributed by atoms with Crippen molar-refractivity contribution in [2.45, 2.75) is 40.0 Å². The Morgan fingerprint density at radius 3 is 2.83 bits per heavy atom. The monoisotopic (exact) mass is 422 g/mol. The molecule has 2 heterocycles. The molecule has 0 aliphatic heterocycles. The van der Waals surface area contributed by atoms with E-state index >= 15 is 0 Å². The maximum absolute atomic E-state index is 9.71. The first-order chi connectivity index (χ1) is 13.8. The molecule has 0 unspecified atom stereocenters. The van der Waals surface area contributed by atoms with Crippen LogP contribution in [0.25, 0.3) is 11.3 Å². The average Bonchev–Trinajstić information content (AvgIpc) is 3.29. The zero-order chi connectivity index (χ0) is 20.6. The van der Waals surface area contributed by atoms with Crippen LogP contribution in [0.3, 0.4) is 0 Å². The van der Waals surface area contributed by atoms with Crippen LogP contribution < -0.4 is 0 Å². The minimum Gasteiger partial charge on any atom is -0.455 e. The van der Waals surface area contributed by atoms with E-state index in [2.05, 4.69) is 31.8 Å². The van der Waals surface area contributed by atoms with Crippen LogP contribution >= 0.6 is 22.9 Å². The number of furan rings is 1. The maximum atomic E-state index is 9.71. The Morgan fingerprint density at radius 1 is 1.28 bits per heavy atom. The molecule has 0 saturated heterocycles. The van der Waals surface area contributed by atoms with Crippen molar-refractivity contribution in [3.63, 3.8) is 0 Å². The number of rotatable bonds is 3. The summed E-state index contributed by atoms with van der Waals surface area (Å²) >= 11 is 7.72. The summed E-state index contributed by atoms with van der Waals surface area (Å²) in [7, 11) is 0. The summed E-state index contributed by atoms with van der Waals surface area (Å²) in [4.78, 5) is 5.93. The van der Waals surface area contributed by atoms with Gasteiger partial charge in [-0.1, -0.05) is 44.5 Å². The number of thiophene rings is 1. The third kappa shape index (κ3) is 4.17. The first kappa shape index (κ1) is 19.9. The number of fused-ring (bicyclic) bond motifs is 1. The van der Waals surface area contributed by atoms with E-state index in [0.29, 0.717) is 16.7 Å². The highest BCUT2D eigenvalue weighted by atomic mass is 35.5. The molecule has 1 aliphatic carbocycles. The van der Waals surface area contributed by atoms with Gasteiger partial charge in [-0.15, -0.1) is 11.3 Å². The molecule has 0 saturated carbocycles. The summed E-state index contributed by atoms with van der Waals surface area (Å²) in [5.74, 6) is 2.04. The number of benzene rings is 1. The Hall–Kier alpha value is -2.35. The van der Waals surface area contributed by atoms with Crippen LogP contribution in [0.1, 0.15) is 49.0 Å². The predicted molar refractivity (Wildman–Crippen MR) is 120 cm³/mol. The molecule has 148 valence electrons. The van der Waals surface area contributed by atoms with Gasteiger partial charge in [0.1, 0.15) is 22.6 Å². The largest absolute Gasteiger partial charge is 0.455 e. The van der Waals surface area contributed by atoms with Gasteiger partial charge in [-0.05, 0) is 60.4 Å². The molecule has 1 aliphatic rings. The van der Waals surface area contributed by atoms with Gasteiger partial charge in [0.05, 0.1) is 11.8 Å². The van der Waals surface area contributed by atoms with Crippen LogP contribution in [0.2, 0.25) is 5.02 Å². The zero-order valence-electron chi connectivity index (χ0n) is 16.8. The topological polar surface area (TPSA) is 49.3 Å². The van der Waals surface area contributed by atoms with Gasteiger partial charge in [0.15, 0.2) is 0 Å². The lowest BCUT2D eigenvalue weighted by molar-refractivity contribution is 0.218. The molecule has 4 rings (SSSR count). The number of hydrogen-bond donors (Lipinski definition) is 0. The highest BCUT2D eigenvalue weighted by Crippen LogP contribution is 2.44. The van der Waals surface area contributed by atoms with Gasteiger partial charge >= 0.3 is 0 Å². The van der Waals surface area contributed by atoms with Crippen molar-refractivity contribution in [3.05, 3.63) is 63.2 Å². The Labute approximate surface area is 180 Å². The number of nitrogens with zero attached hydrogens (tertiary/aromatic N) is 2. The zero-order valence-corrected chi connectivity index (χ0v) is 18.4. The van der Waals surface area contributed by atoms with Gasteiger partial charge in [-0.2, -0.15) is 5.26 Å². The molecule has 2 aromatic heterocycles. The van der Waals surface area contributed by atoms with Crippen LogP contribution in [0, 0.1) is 22.7 Å². The fourth-order valence-corrected chi connectivity index (χ4v) is 5.27. The molecular formula is C24H23ClN2OS. The number of aliphatic imine (C=N–C) groups is 1. The van der Waals surface area contributed by atoms with Crippen LogP contribution in [-0.4, -0.2) is 6.21 Å². The molecule has 3 nitrogen and oxygen atoms in total. The molecule has 0 radical (unpaired) electrons. The van der Waals surface area contributed by atoms with E-state index < -0.39 is 0 Å². The molecule has 0 spiro atoms. The number of hydrogen-bond acceptors (Lipinski definition) is 4. The van der Waals surface area contributed by atoms with Crippen molar-refractivity contribution in [3.8, 4) is 17.4 Å². The standard InChI is InChI=1S/C24H23ClN2OS/c1-24(2,3)16-7-9-19-20(13-26)23(29-22(19)12-16)27-14-18-8-10-21(28-18)15-5-4-6-17(25)11-15/h4-6,8,10-11,14,16H,7,9,12H2,1-3H3/t16-/m0/s1. The van der Waals surface area contributed by atoms with Crippen LogP contribution in [0.5, 0.6) is 0 Å². The second-order valence-electron chi connectivity index (χ2n) is 8.57. The fourth-order valence-electron chi connectivity index (χ4n) is 3.86. The Bertz CT molecular complexity index is 1110. The lowest BCUT2D eigenvalue weighted by Gasteiger charge is -2.33. The lowest BCUT2D eigenvalue weighted by Crippen LogP contribution is -2.26. The van der Waals surface area contributed by atoms with Gasteiger partial charge in [-0.25, -0.2) is 4.99 Å². The quantitative estimate of drug-likeness (QED) is 0.412. The molecule has 29 heavy (non-hydrogen) atoms. The molecule has 3 aromatic rings. The van der Waals surface area contributed by atoms with E-state index in [4.69, 9.17) is 16.0 Å². The SMILES string of the molecule is CC(C)(C)[C@H]1CCc2c(sc(N=Cc3ccc(-c4cccc(Cl)c4)o3)c2C#N)C1. The maximum Gasteiger partial charge on any atom is 0.145 e. The molecule has 1 aromatic carbocycles. The first-order valence-electron chi connectivity index (χ1n) is 9.79. The predicted octanol–water partition coefficient (Wildman–Crippen LogP) is 7.43. The van der Waals surface area contributed by atoms with Gasteiger partial charge < -0.3 is 4.42 Å². The highest BCUT2D eigenvalue weighted by molar-refractivity contribution is 7.16. The number of nitriles is 1. The van der Waals surface area contributed by atoms with Gasteiger partial charge in [0, 0.05) is 15.5 Å². The Morgan fingerprint density at radius 2 is 2.10 bits per heavy atom. The lowest BCUT2D eigenvalue weighted by atomic mass is 9.72. The van der Waals surface area contributed by atoms with Crippen molar-refractivity contribution in [1.29, 1.82) is 5.26 Å². The molecule has 1 atom stereocenters. The van der Waals surface area contributed by atoms with Crippen molar-refractivity contribution >= 4 is 34.2 Å². The van der Waals surface area contributed by atoms with E-state index in [-0.39, 0.29) is 5.41 Å². The third-order valence-electron chi connectivity index (χ3n) is 5.63. The summed E-state index contributed by atoms with van der Waals surface area (Å²) in [5.41, 5.74) is 3.14. The molecule has 0 amide bonds. The van der Waals surface area contributed by atoms with Crippen LogP contribution in [0.4, 0.5) is 5.00 Å². The van der Waals surface area contributed by atoms with Crippen molar-refractivity contribution < 1.29 is 4.42 Å². The average molecular weight is 423 g/mol. The summed E-state index contributed by atoms with van der Waals surface area (Å²) < 4.78 is 5.90. The minimum atomic E-state index is 0.281. The highest BCUT2D eigenvalue weighted by Gasteiger charge is 2.32. The van der Waals surface area contributed by atoms with E-state index in [1.54, 1.807) is 17.6 Å².